The molecule has 8 heteroatoms. The maximum Gasteiger partial charge on any atom is 0.200 e. The second-order valence-electron chi connectivity index (χ2n) is 5.29. The summed E-state index contributed by atoms with van der Waals surface area (Å²) in [5.74, 6) is 2.69. The number of furan rings is 1. The standard InChI is InChI=1S/C15H14ClN5OS/c1-2-21-14(10-4-3-7-22-10)19-20-15(21)23-12-8-11(16)17-13(18-12)9-5-6-9/h3-4,7-9H,2,5-6H2,1H3. The van der Waals surface area contributed by atoms with Crippen LogP contribution in [0.3, 0.4) is 0 Å². The van der Waals surface area contributed by atoms with Gasteiger partial charge in [0.2, 0.25) is 0 Å². The SMILES string of the molecule is CCn1c(Sc2cc(Cl)nc(C3CC3)n2)nnc1-c1ccco1. The summed E-state index contributed by atoms with van der Waals surface area (Å²) in [7, 11) is 0. The molecule has 0 aliphatic heterocycles. The van der Waals surface area contributed by atoms with E-state index in [1.807, 2.05) is 23.6 Å². The molecule has 3 aromatic rings. The van der Waals surface area contributed by atoms with E-state index in [2.05, 4.69) is 20.2 Å². The van der Waals surface area contributed by atoms with Crippen molar-refractivity contribution in [2.24, 2.45) is 0 Å². The van der Waals surface area contributed by atoms with Crippen LogP contribution >= 0.6 is 23.4 Å². The van der Waals surface area contributed by atoms with Crippen molar-refractivity contribution in [3.05, 3.63) is 35.4 Å². The zero-order valence-corrected chi connectivity index (χ0v) is 14.0. The Morgan fingerprint density at radius 3 is 2.91 bits per heavy atom. The molecule has 3 aromatic heterocycles. The van der Waals surface area contributed by atoms with E-state index >= 15 is 0 Å². The normalized spacial score (nSPS) is 14.3. The first-order valence-electron chi connectivity index (χ1n) is 7.44. The molecule has 1 aliphatic rings. The van der Waals surface area contributed by atoms with Gasteiger partial charge in [0.05, 0.1) is 6.26 Å². The Hall–Kier alpha value is -1.86. The van der Waals surface area contributed by atoms with Crippen molar-refractivity contribution < 1.29 is 4.42 Å². The minimum absolute atomic E-state index is 0.454. The zero-order valence-electron chi connectivity index (χ0n) is 12.4. The molecule has 118 valence electrons. The smallest absolute Gasteiger partial charge is 0.200 e. The van der Waals surface area contributed by atoms with Crippen LogP contribution < -0.4 is 0 Å². The number of hydrogen-bond donors (Lipinski definition) is 0. The summed E-state index contributed by atoms with van der Waals surface area (Å²) in [6.07, 6.45) is 3.90. The van der Waals surface area contributed by atoms with Gasteiger partial charge in [0.25, 0.3) is 0 Å². The van der Waals surface area contributed by atoms with Crippen molar-refractivity contribution in [3.63, 3.8) is 0 Å². The third-order valence-corrected chi connectivity index (χ3v) is 4.70. The van der Waals surface area contributed by atoms with E-state index in [9.17, 15) is 0 Å². The number of halogens is 1. The van der Waals surface area contributed by atoms with Gasteiger partial charge in [-0.15, -0.1) is 10.2 Å². The van der Waals surface area contributed by atoms with Gasteiger partial charge < -0.3 is 4.42 Å². The predicted molar refractivity (Wildman–Crippen MR) is 86.5 cm³/mol. The van der Waals surface area contributed by atoms with Crippen LogP contribution in [0.2, 0.25) is 5.15 Å². The first-order chi connectivity index (χ1) is 11.2. The summed E-state index contributed by atoms with van der Waals surface area (Å²) in [5.41, 5.74) is 0. The monoisotopic (exact) mass is 347 g/mol. The molecule has 4 rings (SSSR count). The summed E-state index contributed by atoms with van der Waals surface area (Å²) in [6.45, 7) is 2.78. The molecule has 6 nitrogen and oxygen atoms in total. The molecule has 0 unspecified atom stereocenters. The van der Waals surface area contributed by atoms with Crippen LogP contribution in [-0.4, -0.2) is 24.7 Å². The van der Waals surface area contributed by atoms with Crippen molar-refractivity contribution in [1.82, 2.24) is 24.7 Å². The molecule has 3 heterocycles. The summed E-state index contributed by atoms with van der Waals surface area (Å²) < 4.78 is 7.42. The highest BCUT2D eigenvalue weighted by Crippen LogP contribution is 2.39. The summed E-state index contributed by atoms with van der Waals surface area (Å²) in [6, 6.07) is 5.47. The van der Waals surface area contributed by atoms with Crippen LogP contribution in [0.15, 0.2) is 39.1 Å². The Balaban J connectivity index is 1.67. The van der Waals surface area contributed by atoms with E-state index in [-0.39, 0.29) is 0 Å². The molecular weight excluding hydrogens is 334 g/mol. The molecule has 1 saturated carbocycles. The van der Waals surface area contributed by atoms with Gasteiger partial charge in [0.15, 0.2) is 16.7 Å². The largest absolute Gasteiger partial charge is 0.461 e. The van der Waals surface area contributed by atoms with E-state index < -0.39 is 0 Å². The topological polar surface area (TPSA) is 69.6 Å². The molecule has 0 bridgehead atoms. The summed E-state index contributed by atoms with van der Waals surface area (Å²) in [4.78, 5) is 8.91. The summed E-state index contributed by atoms with van der Waals surface area (Å²) >= 11 is 7.57. The van der Waals surface area contributed by atoms with Gasteiger partial charge in [-0.05, 0) is 43.7 Å². The third-order valence-electron chi connectivity index (χ3n) is 3.60. The summed E-state index contributed by atoms with van der Waals surface area (Å²) in [5, 5.41) is 10.5. The van der Waals surface area contributed by atoms with Gasteiger partial charge in [-0.3, -0.25) is 4.57 Å². The number of nitrogens with zero attached hydrogens (tertiary/aromatic N) is 5. The lowest BCUT2D eigenvalue weighted by molar-refractivity contribution is 0.567. The molecule has 0 aromatic carbocycles. The highest BCUT2D eigenvalue weighted by Gasteiger charge is 2.27. The average molecular weight is 348 g/mol. The molecule has 1 fully saturated rings. The highest BCUT2D eigenvalue weighted by molar-refractivity contribution is 7.99. The molecule has 0 amide bonds. The van der Waals surface area contributed by atoms with Gasteiger partial charge in [-0.25, -0.2) is 9.97 Å². The van der Waals surface area contributed by atoms with Gasteiger partial charge in [0.1, 0.15) is 16.0 Å². The zero-order chi connectivity index (χ0) is 15.8. The van der Waals surface area contributed by atoms with Crippen LogP contribution in [0.25, 0.3) is 11.6 Å². The Labute approximate surface area is 142 Å². The lowest BCUT2D eigenvalue weighted by Crippen LogP contribution is -2.00. The van der Waals surface area contributed by atoms with Crippen molar-refractivity contribution >= 4 is 23.4 Å². The minimum atomic E-state index is 0.454. The maximum atomic E-state index is 6.13. The maximum absolute atomic E-state index is 6.13. The Morgan fingerprint density at radius 1 is 1.35 bits per heavy atom. The van der Waals surface area contributed by atoms with E-state index in [0.29, 0.717) is 22.7 Å². The number of aromatic nitrogens is 5. The van der Waals surface area contributed by atoms with Gasteiger partial charge in [0, 0.05) is 18.5 Å². The van der Waals surface area contributed by atoms with Gasteiger partial charge in [-0.2, -0.15) is 0 Å². The van der Waals surface area contributed by atoms with Crippen molar-refractivity contribution in [2.75, 3.05) is 0 Å². The van der Waals surface area contributed by atoms with Crippen LogP contribution in [-0.2, 0) is 6.54 Å². The first-order valence-corrected chi connectivity index (χ1v) is 8.63. The first kappa shape index (κ1) is 14.7. The molecule has 0 saturated heterocycles. The fraction of sp³-hybridized carbons (Fsp3) is 0.333. The fourth-order valence-corrected chi connectivity index (χ4v) is 3.48. The molecular formula is C15H14ClN5OS. The van der Waals surface area contributed by atoms with Crippen LogP contribution in [0.5, 0.6) is 0 Å². The van der Waals surface area contributed by atoms with Crippen molar-refractivity contribution in [3.8, 4) is 11.6 Å². The third kappa shape index (κ3) is 2.98. The van der Waals surface area contributed by atoms with Gasteiger partial charge in [-0.1, -0.05) is 11.6 Å². The number of hydrogen-bond acceptors (Lipinski definition) is 6. The second kappa shape index (κ2) is 5.98. The molecule has 0 spiro atoms. The lowest BCUT2D eigenvalue weighted by atomic mass is 10.4. The highest BCUT2D eigenvalue weighted by atomic mass is 35.5. The molecule has 1 aliphatic carbocycles. The van der Waals surface area contributed by atoms with Crippen molar-refractivity contribution in [2.45, 2.75) is 42.4 Å². The van der Waals surface area contributed by atoms with Crippen LogP contribution in [0.1, 0.15) is 31.5 Å². The van der Waals surface area contributed by atoms with E-state index in [4.69, 9.17) is 16.0 Å². The Morgan fingerprint density at radius 2 is 2.22 bits per heavy atom. The van der Waals surface area contributed by atoms with Crippen molar-refractivity contribution in [1.29, 1.82) is 0 Å². The second-order valence-corrected chi connectivity index (χ2v) is 6.67. The predicted octanol–water partition coefficient (Wildman–Crippen LogP) is 4.03. The molecule has 0 atom stereocenters. The quantitative estimate of drug-likeness (QED) is 0.649. The fourth-order valence-electron chi connectivity index (χ4n) is 2.32. The van der Waals surface area contributed by atoms with E-state index in [1.54, 1.807) is 12.3 Å². The van der Waals surface area contributed by atoms with Gasteiger partial charge >= 0.3 is 0 Å². The van der Waals surface area contributed by atoms with Crippen LogP contribution in [0, 0.1) is 0 Å². The van der Waals surface area contributed by atoms with E-state index in [0.717, 1.165) is 35.4 Å². The Kier molecular flexibility index (Phi) is 3.82. The molecule has 0 N–H and O–H groups in total. The molecule has 0 radical (unpaired) electrons. The van der Waals surface area contributed by atoms with E-state index in [1.165, 1.54) is 11.8 Å². The number of rotatable bonds is 5. The molecule has 23 heavy (non-hydrogen) atoms. The Bertz CT molecular complexity index is 829. The van der Waals surface area contributed by atoms with Crippen LogP contribution in [0.4, 0.5) is 0 Å². The lowest BCUT2D eigenvalue weighted by Gasteiger charge is -2.06. The average Bonchev–Trinajstić information content (AvgIpc) is 3.10. The minimum Gasteiger partial charge on any atom is -0.461 e.